The molecule has 1 rings (SSSR count). The van der Waals surface area contributed by atoms with Gasteiger partial charge in [-0.05, 0) is 12.5 Å². The molecule has 0 aliphatic heterocycles. The highest BCUT2D eigenvalue weighted by atomic mass is 16.3. The molecule has 7 heteroatoms. The first kappa shape index (κ1) is 12.2. The molecule has 88 valence electrons. The number of pyridine rings is 1. The Morgan fingerprint density at radius 2 is 2.00 bits per heavy atom. The minimum absolute atomic E-state index is 0.127. The van der Waals surface area contributed by atoms with E-state index in [4.69, 9.17) is 17.2 Å². The number of carbonyl (C=O) groups excluding carboxylic acids is 1. The van der Waals surface area contributed by atoms with Gasteiger partial charge in [-0.3, -0.25) is 4.79 Å². The third-order valence-electron chi connectivity index (χ3n) is 2.36. The standard InChI is InChI=1S/C9H14N4O3/c1-3-4(2-13-8(11)5(3)10)6(14)7(15)9(12)16/h2,6-7,14-15H,10H2,1H3,(H2,11,13)(H2,12,16). The van der Waals surface area contributed by atoms with E-state index in [2.05, 4.69) is 4.98 Å². The summed E-state index contributed by atoms with van der Waals surface area (Å²) in [7, 11) is 0. The third-order valence-corrected chi connectivity index (χ3v) is 2.36. The number of hydrogen-bond donors (Lipinski definition) is 5. The Bertz CT molecular complexity index is 421. The lowest BCUT2D eigenvalue weighted by Gasteiger charge is -2.18. The molecular weight excluding hydrogens is 212 g/mol. The maximum absolute atomic E-state index is 10.7. The fraction of sp³-hybridized carbons (Fsp3) is 0.333. The molecule has 7 nitrogen and oxygen atoms in total. The molecule has 16 heavy (non-hydrogen) atoms. The Hall–Kier alpha value is -1.86. The summed E-state index contributed by atoms with van der Waals surface area (Å²) in [5.41, 5.74) is 16.8. The third kappa shape index (κ3) is 2.05. The van der Waals surface area contributed by atoms with Crippen LogP contribution in [0.3, 0.4) is 0 Å². The zero-order valence-electron chi connectivity index (χ0n) is 8.71. The SMILES string of the molecule is Cc1c(C(O)C(O)C(N)=O)cnc(N)c1N. The van der Waals surface area contributed by atoms with Crippen molar-refractivity contribution in [2.24, 2.45) is 5.73 Å². The zero-order valence-corrected chi connectivity index (χ0v) is 8.71. The molecule has 0 spiro atoms. The molecule has 1 amide bonds. The Balaban J connectivity index is 3.14. The molecule has 2 atom stereocenters. The number of nitrogens with two attached hydrogens (primary N) is 3. The Kier molecular flexibility index (Phi) is 3.31. The van der Waals surface area contributed by atoms with Crippen LogP contribution >= 0.6 is 0 Å². The van der Waals surface area contributed by atoms with Gasteiger partial charge in [0.25, 0.3) is 0 Å². The lowest BCUT2D eigenvalue weighted by molar-refractivity contribution is -0.132. The van der Waals surface area contributed by atoms with E-state index in [1.165, 1.54) is 6.20 Å². The predicted molar refractivity (Wildman–Crippen MR) is 58.0 cm³/mol. The first-order chi connectivity index (χ1) is 7.36. The fourth-order valence-corrected chi connectivity index (χ4v) is 1.28. The maximum atomic E-state index is 10.7. The van der Waals surface area contributed by atoms with E-state index in [-0.39, 0.29) is 17.1 Å². The quantitative estimate of drug-likeness (QED) is 0.420. The number of carbonyl (C=O) groups is 1. The second-order valence-electron chi connectivity index (χ2n) is 3.43. The van der Waals surface area contributed by atoms with Crippen LogP contribution in [0.15, 0.2) is 6.20 Å². The van der Waals surface area contributed by atoms with Crippen LogP contribution in [0.4, 0.5) is 11.5 Å². The van der Waals surface area contributed by atoms with Gasteiger partial charge in [0.05, 0.1) is 5.69 Å². The molecule has 8 N–H and O–H groups in total. The van der Waals surface area contributed by atoms with E-state index in [0.29, 0.717) is 5.56 Å². The van der Waals surface area contributed by atoms with Crippen molar-refractivity contribution in [3.05, 3.63) is 17.3 Å². The number of aromatic nitrogens is 1. The van der Waals surface area contributed by atoms with Gasteiger partial charge >= 0.3 is 0 Å². The summed E-state index contributed by atoms with van der Waals surface area (Å²) in [5, 5.41) is 19.0. The number of nitrogen functional groups attached to an aromatic ring is 2. The molecule has 1 aromatic rings. The van der Waals surface area contributed by atoms with Gasteiger partial charge in [0, 0.05) is 11.8 Å². The zero-order chi connectivity index (χ0) is 12.5. The number of primary amides is 1. The van der Waals surface area contributed by atoms with Crippen LogP contribution in [-0.4, -0.2) is 27.2 Å². The number of rotatable bonds is 3. The van der Waals surface area contributed by atoms with Crippen LogP contribution in [0.2, 0.25) is 0 Å². The summed E-state index contributed by atoms with van der Waals surface area (Å²) in [6, 6.07) is 0. The first-order valence-corrected chi connectivity index (χ1v) is 4.52. The molecule has 0 radical (unpaired) electrons. The van der Waals surface area contributed by atoms with Crippen LogP contribution in [0.25, 0.3) is 0 Å². The summed E-state index contributed by atoms with van der Waals surface area (Å²) < 4.78 is 0. The molecule has 1 heterocycles. The van der Waals surface area contributed by atoms with Gasteiger partial charge in [0.2, 0.25) is 5.91 Å². The minimum Gasteiger partial charge on any atom is -0.396 e. The minimum atomic E-state index is -1.71. The van der Waals surface area contributed by atoms with E-state index >= 15 is 0 Å². The lowest BCUT2D eigenvalue weighted by Crippen LogP contribution is -2.34. The van der Waals surface area contributed by atoms with Gasteiger partial charge < -0.3 is 27.4 Å². The van der Waals surface area contributed by atoms with Crippen LogP contribution in [-0.2, 0) is 4.79 Å². The average Bonchev–Trinajstić information content (AvgIpc) is 2.24. The lowest BCUT2D eigenvalue weighted by atomic mass is 10.00. The highest BCUT2D eigenvalue weighted by Gasteiger charge is 2.26. The summed E-state index contributed by atoms with van der Waals surface area (Å²) >= 11 is 0. The Morgan fingerprint density at radius 1 is 1.44 bits per heavy atom. The van der Waals surface area contributed by atoms with Gasteiger partial charge in [-0.25, -0.2) is 4.98 Å². The van der Waals surface area contributed by atoms with Crippen LogP contribution < -0.4 is 17.2 Å². The molecule has 2 unspecified atom stereocenters. The molecule has 0 bridgehead atoms. The predicted octanol–water partition coefficient (Wildman–Crippen LogP) is -1.57. The molecule has 0 aromatic carbocycles. The van der Waals surface area contributed by atoms with Crippen molar-refractivity contribution in [3.63, 3.8) is 0 Å². The summed E-state index contributed by atoms with van der Waals surface area (Å²) in [6.07, 6.45) is -1.92. The van der Waals surface area contributed by atoms with Gasteiger partial charge in [0.1, 0.15) is 11.9 Å². The number of hydrogen-bond acceptors (Lipinski definition) is 6. The van der Waals surface area contributed by atoms with E-state index in [9.17, 15) is 15.0 Å². The van der Waals surface area contributed by atoms with Gasteiger partial charge in [-0.1, -0.05) is 0 Å². The van der Waals surface area contributed by atoms with Crippen molar-refractivity contribution < 1.29 is 15.0 Å². The largest absolute Gasteiger partial charge is 0.396 e. The van der Waals surface area contributed by atoms with Gasteiger partial charge in [-0.2, -0.15) is 0 Å². The van der Waals surface area contributed by atoms with Crippen LogP contribution in [0, 0.1) is 6.92 Å². The molecule has 0 aliphatic rings. The Labute approximate surface area is 91.9 Å². The fourth-order valence-electron chi connectivity index (χ4n) is 1.28. The average molecular weight is 226 g/mol. The molecule has 0 saturated heterocycles. The highest BCUT2D eigenvalue weighted by Crippen LogP contribution is 2.26. The Morgan fingerprint density at radius 3 is 2.50 bits per heavy atom. The van der Waals surface area contributed by atoms with E-state index in [0.717, 1.165) is 0 Å². The number of aliphatic hydroxyl groups is 2. The maximum Gasteiger partial charge on any atom is 0.249 e. The molecule has 0 fully saturated rings. The van der Waals surface area contributed by atoms with Crippen molar-refractivity contribution in [1.82, 2.24) is 4.98 Å². The van der Waals surface area contributed by atoms with E-state index < -0.39 is 18.1 Å². The smallest absolute Gasteiger partial charge is 0.249 e. The van der Waals surface area contributed by atoms with Crippen molar-refractivity contribution in [3.8, 4) is 0 Å². The van der Waals surface area contributed by atoms with Gasteiger partial charge in [-0.15, -0.1) is 0 Å². The molecule has 0 aliphatic carbocycles. The summed E-state index contributed by atoms with van der Waals surface area (Å²) in [6.45, 7) is 1.60. The van der Waals surface area contributed by atoms with E-state index in [1.807, 2.05) is 0 Å². The summed E-state index contributed by atoms with van der Waals surface area (Å²) in [5.74, 6) is -0.899. The molecule has 0 saturated carbocycles. The number of anilines is 2. The molecular formula is C9H14N4O3. The number of aliphatic hydroxyl groups excluding tert-OH is 2. The van der Waals surface area contributed by atoms with E-state index in [1.54, 1.807) is 6.92 Å². The normalized spacial score (nSPS) is 14.4. The molecule has 1 aromatic heterocycles. The summed E-state index contributed by atoms with van der Waals surface area (Å²) in [4.78, 5) is 14.4. The number of amides is 1. The van der Waals surface area contributed by atoms with Crippen molar-refractivity contribution >= 4 is 17.4 Å². The second kappa shape index (κ2) is 4.33. The van der Waals surface area contributed by atoms with Crippen molar-refractivity contribution in [1.29, 1.82) is 0 Å². The highest BCUT2D eigenvalue weighted by molar-refractivity contribution is 5.79. The van der Waals surface area contributed by atoms with Crippen molar-refractivity contribution in [2.45, 2.75) is 19.1 Å². The number of nitrogens with zero attached hydrogens (tertiary/aromatic N) is 1. The van der Waals surface area contributed by atoms with Crippen LogP contribution in [0.5, 0.6) is 0 Å². The first-order valence-electron chi connectivity index (χ1n) is 4.52. The second-order valence-corrected chi connectivity index (χ2v) is 3.43. The van der Waals surface area contributed by atoms with Gasteiger partial charge in [0.15, 0.2) is 6.10 Å². The van der Waals surface area contributed by atoms with Crippen LogP contribution in [0.1, 0.15) is 17.2 Å². The topological polar surface area (TPSA) is 148 Å². The monoisotopic (exact) mass is 226 g/mol. The van der Waals surface area contributed by atoms with Crippen molar-refractivity contribution in [2.75, 3.05) is 11.5 Å².